The van der Waals surface area contributed by atoms with E-state index in [-0.39, 0.29) is 35.6 Å². The van der Waals surface area contributed by atoms with Gasteiger partial charge in [-0.1, -0.05) is 44.4 Å². The molecular formula is C17H24O3. The van der Waals surface area contributed by atoms with Gasteiger partial charge in [-0.05, 0) is 31.1 Å². The predicted octanol–water partition coefficient (Wildman–Crippen LogP) is 3.65. The van der Waals surface area contributed by atoms with Crippen molar-refractivity contribution in [1.82, 2.24) is 0 Å². The van der Waals surface area contributed by atoms with Gasteiger partial charge in [0.1, 0.15) is 0 Å². The van der Waals surface area contributed by atoms with Gasteiger partial charge in [0.25, 0.3) is 0 Å². The van der Waals surface area contributed by atoms with E-state index in [0.717, 1.165) is 12.8 Å². The van der Waals surface area contributed by atoms with E-state index in [9.17, 15) is 9.59 Å². The summed E-state index contributed by atoms with van der Waals surface area (Å²) in [5.74, 6) is -1.07. The average Bonchev–Trinajstić information content (AvgIpc) is 2.94. The van der Waals surface area contributed by atoms with Gasteiger partial charge >= 0.3 is 11.9 Å². The molecule has 0 bridgehead atoms. The zero-order valence-corrected chi connectivity index (χ0v) is 12.2. The number of cyclic esters (lactones) is 2. The van der Waals surface area contributed by atoms with Crippen molar-refractivity contribution in [3.8, 4) is 0 Å². The summed E-state index contributed by atoms with van der Waals surface area (Å²) in [6.07, 6.45) is 12.9. The Hall–Kier alpha value is -1.38. The van der Waals surface area contributed by atoms with Gasteiger partial charge in [-0.15, -0.1) is 6.58 Å². The van der Waals surface area contributed by atoms with Crippen molar-refractivity contribution in [2.24, 2.45) is 23.7 Å². The van der Waals surface area contributed by atoms with Crippen molar-refractivity contribution in [3.63, 3.8) is 0 Å². The molecule has 0 spiro atoms. The first-order valence-electron chi connectivity index (χ1n) is 7.73. The lowest BCUT2D eigenvalue weighted by molar-refractivity contribution is -0.154. The molecule has 0 N–H and O–H groups in total. The number of unbranched alkanes of at least 4 members (excludes halogenated alkanes) is 4. The van der Waals surface area contributed by atoms with Crippen molar-refractivity contribution >= 4 is 11.9 Å². The minimum Gasteiger partial charge on any atom is -0.393 e. The first kappa shape index (κ1) is 15.0. The van der Waals surface area contributed by atoms with Gasteiger partial charge in [0.05, 0.1) is 11.8 Å². The number of fused-ring (bicyclic) bond motifs is 1. The Kier molecular flexibility index (Phi) is 5.16. The van der Waals surface area contributed by atoms with Gasteiger partial charge in [-0.2, -0.15) is 0 Å². The van der Waals surface area contributed by atoms with Gasteiger partial charge in [-0.3, -0.25) is 9.59 Å². The zero-order valence-electron chi connectivity index (χ0n) is 12.2. The van der Waals surface area contributed by atoms with Crippen LogP contribution in [0.15, 0.2) is 24.8 Å². The van der Waals surface area contributed by atoms with Crippen LogP contribution in [-0.4, -0.2) is 11.9 Å². The number of esters is 2. The van der Waals surface area contributed by atoms with E-state index in [4.69, 9.17) is 4.74 Å². The second kappa shape index (κ2) is 6.87. The highest BCUT2D eigenvalue weighted by Crippen LogP contribution is 2.47. The third kappa shape index (κ3) is 3.02. The Morgan fingerprint density at radius 1 is 1.15 bits per heavy atom. The van der Waals surface area contributed by atoms with Gasteiger partial charge in [0, 0.05) is 0 Å². The summed E-state index contributed by atoms with van der Waals surface area (Å²) in [6, 6.07) is 0. The minimum atomic E-state index is -0.358. The topological polar surface area (TPSA) is 43.4 Å². The molecule has 3 nitrogen and oxygen atoms in total. The first-order valence-corrected chi connectivity index (χ1v) is 7.73. The summed E-state index contributed by atoms with van der Waals surface area (Å²) in [6.45, 7) is 5.99. The lowest BCUT2D eigenvalue weighted by Gasteiger charge is -2.08. The fourth-order valence-corrected chi connectivity index (χ4v) is 3.42. The molecule has 110 valence electrons. The molecule has 0 aromatic heterocycles. The molecule has 2 fully saturated rings. The van der Waals surface area contributed by atoms with Gasteiger partial charge in [0.15, 0.2) is 0 Å². The lowest BCUT2D eigenvalue weighted by atomic mass is 9.89. The van der Waals surface area contributed by atoms with Crippen LogP contribution < -0.4 is 0 Å². The summed E-state index contributed by atoms with van der Waals surface area (Å²) in [5, 5.41) is 0. The molecule has 1 aliphatic carbocycles. The van der Waals surface area contributed by atoms with Crippen LogP contribution in [0, 0.1) is 23.7 Å². The van der Waals surface area contributed by atoms with Crippen molar-refractivity contribution in [1.29, 1.82) is 0 Å². The zero-order chi connectivity index (χ0) is 14.5. The Labute approximate surface area is 121 Å². The summed E-state index contributed by atoms with van der Waals surface area (Å²) in [4.78, 5) is 23.5. The highest BCUT2D eigenvalue weighted by molar-refractivity contribution is 5.97. The van der Waals surface area contributed by atoms with Crippen LogP contribution in [0.4, 0.5) is 0 Å². The summed E-state index contributed by atoms with van der Waals surface area (Å²) < 4.78 is 4.79. The normalized spacial score (nSPS) is 32.6. The Balaban J connectivity index is 1.92. The van der Waals surface area contributed by atoms with E-state index in [1.165, 1.54) is 25.7 Å². The second-order valence-electron chi connectivity index (χ2n) is 5.87. The molecule has 0 unspecified atom stereocenters. The van der Waals surface area contributed by atoms with E-state index in [2.05, 4.69) is 25.7 Å². The Morgan fingerprint density at radius 3 is 2.50 bits per heavy atom. The van der Waals surface area contributed by atoms with Crippen molar-refractivity contribution in [2.75, 3.05) is 0 Å². The van der Waals surface area contributed by atoms with Crippen molar-refractivity contribution < 1.29 is 14.3 Å². The van der Waals surface area contributed by atoms with E-state index in [1.54, 1.807) is 6.08 Å². The molecule has 1 saturated heterocycles. The third-order valence-electron chi connectivity index (χ3n) is 4.51. The Bertz CT molecular complexity index is 410. The number of hydrogen-bond donors (Lipinski definition) is 0. The number of allylic oxidation sites excluding steroid dienone is 3. The molecule has 2 rings (SSSR count). The third-order valence-corrected chi connectivity index (χ3v) is 4.51. The standard InChI is InChI=1S/C17H24O3/c1-3-5-6-7-8-9-10-13-11-12(4-2)14-15(13)17(19)20-16(14)18/h4,9-10,12-15H,2-3,5-8,11H2,1H3/b10-9+/t12-,13+,14-,15+/m1/s1. The molecule has 4 atom stereocenters. The van der Waals surface area contributed by atoms with Crippen LogP contribution in [0.2, 0.25) is 0 Å². The number of ether oxygens (including phenoxy) is 1. The van der Waals surface area contributed by atoms with Gasteiger partial charge in [-0.25, -0.2) is 0 Å². The largest absolute Gasteiger partial charge is 0.393 e. The van der Waals surface area contributed by atoms with Crippen LogP contribution in [0.25, 0.3) is 0 Å². The highest BCUT2D eigenvalue weighted by atomic mass is 16.6. The molecule has 0 aromatic rings. The summed E-state index contributed by atoms with van der Waals surface area (Å²) in [7, 11) is 0. The fourth-order valence-electron chi connectivity index (χ4n) is 3.42. The number of carbonyl (C=O) groups excluding carboxylic acids is 2. The Morgan fingerprint density at radius 2 is 1.85 bits per heavy atom. The van der Waals surface area contributed by atoms with Crippen molar-refractivity contribution in [3.05, 3.63) is 24.8 Å². The fraction of sp³-hybridized carbons (Fsp3) is 0.647. The van der Waals surface area contributed by atoms with E-state index >= 15 is 0 Å². The van der Waals surface area contributed by atoms with Crippen LogP contribution in [-0.2, 0) is 14.3 Å². The minimum absolute atomic E-state index is 0.0775. The molecule has 0 amide bonds. The molecule has 3 heteroatoms. The van der Waals surface area contributed by atoms with E-state index in [1.807, 2.05) is 0 Å². The van der Waals surface area contributed by atoms with Gasteiger partial charge < -0.3 is 4.74 Å². The highest BCUT2D eigenvalue weighted by Gasteiger charge is 2.55. The maximum Gasteiger partial charge on any atom is 0.318 e. The molecule has 1 saturated carbocycles. The van der Waals surface area contributed by atoms with E-state index < -0.39 is 0 Å². The van der Waals surface area contributed by atoms with Crippen LogP contribution in [0.1, 0.15) is 45.4 Å². The maximum absolute atomic E-state index is 11.8. The maximum atomic E-state index is 11.8. The lowest BCUT2D eigenvalue weighted by Crippen LogP contribution is -2.19. The van der Waals surface area contributed by atoms with E-state index in [0.29, 0.717) is 0 Å². The second-order valence-corrected chi connectivity index (χ2v) is 5.87. The van der Waals surface area contributed by atoms with Gasteiger partial charge in [0.2, 0.25) is 0 Å². The smallest absolute Gasteiger partial charge is 0.318 e. The van der Waals surface area contributed by atoms with Crippen molar-refractivity contribution in [2.45, 2.75) is 45.4 Å². The molecular weight excluding hydrogens is 252 g/mol. The average molecular weight is 276 g/mol. The molecule has 0 aromatic carbocycles. The van der Waals surface area contributed by atoms with Crippen LogP contribution in [0.5, 0.6) is 0 Å². The SMILES string of the molecule is C=C[C@@H]1C[C@H](/C=C/CCCCCC)[C@@H]2C(=O)OC(=O)[C@@H]21. The monoisotopic (exact) mass is 276 g/mol. The van der Waals surface area contributed by atoms with Crippen LogP contribution >= 0.6 is 0 Å². The molecule has 0 radical (unpaired) electrons. The quantitative estimate of drug-likeness (QED) is 0.308. The number of carbonyl (C=O) groups is 2. The first-order chi connectivity index (χ1) is 9.69. The summed E-state index contributed by atoms with van der Waals surface area (Å²) in [5.41, 5.74) is 0. The summed E-state index contributed by atoms with van der Waals surface area (Å²) >= 11 is 0. The molecule has 1 heterocycles. The molecule has 1 aliphatic heterocycles. The number of hydrogen-bond acceptors (Lipinski definition) is 3. The predicted molar refractivity (Wildman–Crippen MR) is 77.8 cm³/mol. The van der Waals surface area contributed by atoms with Crippen LogP contribution in [0.3, 0.4) is 0 Å². The number of rotatable bonds is 7. The molecule has 2 aliphatic rings. The molecule has 20 heavy (non-hydrogen) atoms.